The van der Waals surface area contributed by atoms with E-state index in [0.717, 1.165) is 16.6 Å². The number of amides is 1. The largest absolute Gasteiger partial charge is 0.351 e. The molecule has 0 spiro atoms. The predicted octanol–water partition coefficient (Wildman–Crippen LogP) is 2.83. The van der Waals surface area contributed by atoms with Crippen LogP contribution < -0.4 is 5.32 Å². The summed E-state index contributed by atoms with van der Waals surface area (Å²) in [4.78, 5) is 14.2. The number of carbonyl (C=O) groups excluding carboxylic acids is 1. The lowest BCUT2D eigenvalue weighted by Gasteiger charge is -2.20. The minimum atomic E-state index is -0.0171. The van der Waals surface area contributed by atoms with Gasteiger partial charge in [-0.3, -0.25) is 4.79 Å². The first-order valence-corrected chi connectivity index (χ1v) is 6.95. The number of carbonyl (C=O) groups is 1. The van der Waals surface area contributed by atoms with Crippen LogP contribution in [0.2, 0.25) is 0 Å². The van der Waals surface area contributed by atoms with Crippen molar-refractivity contribution in [2.24, 2.45) is 0 Å². The molecule has 1 rings (SSSR count). The van der Waals surface area contributed by atoms with Gasteiger partial charge in [-0.15, -0.1) is 0 Å². The average Bonchev–Trinajstić information content (AvgIpc) is 2.27. The molecular weight excluding hydrogens is 292 g/mol. The summed E-state index contributed by atoms with van der Waals surface area (Å²) in [5, 5.41) is 2.94. The molecule has 0 aliphatic heterocycles. The van der Waals surface area contributed by atoms with Crippen molar-refractivity contribution in [1.29, 1.82) is 0 Å². The van der Waals surface area contributed by atoms with Crippen LogP contribution in [-0.4, -0.2) is 37.0 Å². The minimum absolute atomic E-state index is 0.0171. The molecule has 0 atom stereocenters. The number of nitrogens with zero attached hydrogens (tertiary/aromatic N) is 1. The lowest BCUT2D eigenvalue weighted by atomic mass is 10.1. The van der Waals surface area contributed by atoms with Crippen LogP contribution in [0.5, 0.6) is 0 Å². The molecule has 0 aliphatic carbocycles. The van der Waals surface area contributed by atoms with Gasteiger partial charge < -0.3 is 10.2 Å². The number of nitrogens with one attached hydrogen (secondary N) is 1. The third-order valence-corrected chi connectivity index (χ3v) is 3.39. The molecule has 1 N–H and O–H groups in total. The standard InChI is InChI=1S/C14H21BrN2O/c1-10(2)17(4)6-5-16-14(18)12-7-11(3)8-13(15)9-12/h7-10H,5-6H2,1-4H3,(H,16,18). The minimum Gasteiger partial charge on any atom is -0.351 e. The quantitative estimate of drug-likeness (QED) is 0.906. The topological polar surface area (TPSA) is 32.3 Å². The molecule has 0 aromatic heterocycles. The summed E-state index contributed by atoms with van der Waals surface area (Å²) in [5.74, 6) is -0.0171. The van der Waals surface area contributed by atoms with Crippen LogP contribution in [0, 0.1) is 6.92 Å². The van der Waals surface area contributed by atoms with Crippen LogP contribution in [0.4, 0.5) is 0 Å². The van der Waals surface area contributed by atoms with E-state index in [1.165, 1.54) is 0 Å². The Labute approximate surface area is 118 Å². The SMILES string of the molecule is Cc1cc(Br)cc(C(=O)NCCN(C)C(C)C)c1. The van der Waals surface area contributed by atoms with E-state index >= 15 is 0 Å². The Kier molecular flexibility index (Phi) is 5.82. The van der Waals surface area contributed by atoms with Crippen molar-refractivity contribution in [2.75, 3.05) is 20.1 Å². The number of aryl methyl sites for hydroxylation is 1. The second kappa shape index (κ2) is 6.90. The molecule has 0 unspecified atom stereocenters. The first-order chi connectivity index (χ1) is 8.40. The predicted molar refractivity (Wildman–Crippen MR) is 79.0 cm³/mol. The summed E-state index contributed by atoms with van der Waals surface area (Å²) in [7, 11) is 2.06. The second-order valence-corrected chi connectivity index (χ2v) is 5.76. The Morgan fingerprint density at radius 1 is 1.39 bits per heavy atom. The van der Waals surface area contributed by atoms with Crippen LogP contribution >= 0.6 is 15.9 Å². The number of likely N-dealkylation sites (N-methyl/N-ethyl adjacent to an activating group) is 1. The van der Waals surface area contributed by atoms with E-state index < -0.39 is 0 Å². The maximum atomic E-state index is 12.0. The van der Waals surface area contributed by atoms with Crippen LogP contribution in [0.25, 0.3) is 0 Å². The van der Waals surface area contributed by atoms with Crippen molar-refractivity contribution in [1.82, 2.24) is 10.2 Å². The summed E-state index contributed by atoms with van der Waals surface area (Å²) in [5.41, 5.74) is 1.78. The molecule has 1 aromatic rings. The van der Waals surface area contributed by atoms with Gasteiger partial charge in [0.15, 0.2) is 0 Å². The molecule has 0 saturated heterocycles. The fraction of sp³-hybridized carbons (Fsp3) is 0.500. The number of rotatable bonds is 5. The van der Waals surface area contributed by atoms with E-state index in [2.05, 4.69) is 47.0 Å². The van der Waals surface area contributed by atoms with Crippen molar-refractivity contribution in [3.63, 3.8) is 0 Å². The van der Waals surface area contributed by atoms with Crippen molar-refractivity contribution in [3.8, 4) is 0 Å². The highest BCUT2D eigenvalue weighted by Crippen LogP contribution is 2.15. The summed E-state index contributed by atoms with van der Waals surface area (Å²) in [6.45, 7) is 7.78. The smallest absolute Gasteiger partial charge is 0.251 e. The van der Waals surface area contributed by atoms with Gasteiger partial charge in [0.1, 0.15) is 0 Å². The summed E-state index contributed by atoms with van der Waals surface area (Å²) >= 11 is 3.40. The Morgan fingerprint density at radius 3 is 2.61 bits per heavy atom. The monoisotopic (exact) mass is 312 g/mol. The van der Waals surface area contributed by atoms with Crippen LogP contribution in [-0.2, 0) is 0 Å². The van der Waals surface area contributed by atoms with E-state index in [0.29, 0.717) is 18.2 Å². The molecule has 0 heterocycles. The fourth-order valence-corrected chi connectivity index (χ4v) is 2.18. The molecule has 3 nitrogen and oxygen atoms in total. The third-order valence-electron chi connectivity index (χ3n) is 2.94. The van der Waals surface area contributed by atoms with Crippen LogP contribution in [0.3, 0.4) is 0 Å². The molecule has 100 valence electrons. The van der Waals surface area contributed by atoms with E-state index in [1.807, 2.05) is 25.1 Å². The highest BCUT2D eigenvalue weighted by atomic mass is 79.9. The summed E-state index contributed by atoms with van der Waals surface area (Å²) in [6.07, 6.45) is 0. The van der Waals surface area contributed by atoms with Crippen molar-refractivity contribution in [2.45, 2.75) is 26.8 Å². The molecule has 4 heteroatoms. The Hall–Kier alpha value is -0.870. The zero-order valence-electron chi connectivity index (χ0n) is 11.5. The van der Waals surface area contributed by atoms with Gasteiger partial charge in [-0.05, 0) is 51.6 Å². The van der Waals surface area contributed by atoms with Gasteiger partial charge >= 0.3 is 0 Å². The zero-order chi connectivity index (χ0) is 13.7. The van der Waals surface area contributed by atoms with Gasteiger partial charge in [-0.1, -0.05) is 15.9 Å². The maximum Gasteiger partial charge on any atom is 0.251 e. The van der Waals surface area contributed by atoms with Gasteiger partial charge in [0.05, 0.1) is 0 Å². The van der Waals surface area contributed by atoms with Gasteiger partial charge in [0.25, 0.3) is 5.91 Å². The van der Waals surface area contributed by atoms with Crippen LogP contribution in [0.1, 0.15) is 29.8 Å². The molecule has 0 radical (unpaired) electrons. The van der Waals surface area contributed by atoms with Gasteiger partial charge in [0, 0.05) is 29.2 Å². The molecule has 0 bridgehead atoms. The van der Waals surface area contributed by atoms with Crippen molar-refractivity contribution < 1.29 is 4.79 Å². The van der Waals surface area contributed by atoms with E-state index in [9.17, 15) is 4.79 Å². The maximum absolute atomic E-state index is 12.0. The van der Waals surface area contributed by atoms with Crippen molar-refractivity contribution in [3.05, 3.63) is 33.8 Å². The van der Waals surface area contributed by atoms with E-state index in [4.69, 9.17) is 0 Å². The molecular formula is C14H21BrN2O. The van der Waals surface area contributed by atoms with Gasteiger partial charge in [-0.2, -0.15) is 0 Å². The van der Waals surface area contributed by atoms with Crippen molar-refractivity contribution >= 4 is 21.8 Å². The summed E-state index contributed by atoms with van der Waals surface area (Å²) in [6, 6.07) is 6.22. The second-order valence-electron chi connectivity index (χ2n) is 4.85. The number of hydrogen-bond acceptors (Lipinski definition) is 2. The molecule has 0 fully saturated rings. The molecule has 0 aliphatic rings. The normalized spacial score (nSPS) is 11.1. The highest BCUT2D eigenvalue weighted by molar-refractivity contribution is 9.10. The van der Waals surface area contributed by atoms with Gasteiger partial charge in [-0.25, -0.2) is 0 Å². The van der Waals surface area contributed by atoms with E-state index in [1.54, 1.807) is 0 Å². The van der Waals surface area contributed by atoms with E-state index in [-0.39, 0.29) is 5.91 Å². The summed E-state index contributed by atoms with van der Waals surface area (Å²) < 4.78 is 0.937. The molecule has 0 saturated carbocycles. The average molecular weight is 313 g/mol. The first-order valence-electron chi connectivity index (χ1n) is 6.16. The molecule has 18 heavy (non-hydrogen) atoms. The Bertz CT molecular complexity index is 398. The number of benzene rings is 1. The van der Waals surface area contributed by atoms with Gasteiger partial charge in [0.2, 0.25) is 0 Å². The highest BCUT2D eigenvalue weighted by Gasteiger charge is 2.08. The Balaban J connectivity index is 2.50. The Morgan fingerprint density at radius 2 is 2.06 bits per heavy atom. The third kappa shape index (κ3) is 4.78. The zero-order valence-corrected chi connectivity index (χ0v) is 13.0. The number of halogens is 1. The lowest BCUT2D eigenvalue weighted by molar-refractivity contribution is 0.0948. The fourth-order valence-electron chi connectivity index (χ4n) is 1.57. The molecule has 1 amide bonds. The number of hydrogen-bond donors (Lipinski definition) is 1. The lowest BCUT2D eigenvalue weighted by Crippen LogP contribution is -2.36. The first kappa shape index (κ1) is 15.2. The van der Waals surface area contributed by atoms with Crippen LogP contribution in [0.15, 0.2) is 22.7 Å². The molecule has 1 aromatic carbocycles.